The van der Waals surface area contributed by atoms with Gasteiger partial charge < -0.3 is 15.7 Å². The smallest absolute Gasteiger partial charge is 0.309 e. The van der Waals surface area contributed by atoms with E-state index in [0.29, 0.717) is 13.2 Å². The second-order valence-corrected chi connectivity index (χ2v) is 7.01. The van der Waals surface area contributed by atoms with Gasteiger partial charge in [-0.3, -0.25) is 9.59 Å². The number of aryl methyl sites for hydroxylation is 2. The van der Waals surface area contributed by atoms with Gasteiger partial charge >= 0.3 is 11.8 Å². The van der Waals surface area contributed by atoms with Crippen LogP contribution in [-0.4, -0.2) is 37.1 Å². The lowest BCUT2D eigenvalue weighted by Gasteiger charge is -2.10. The molecule has 5 nitrogen and oxygen atoms in total. The predicted octanol–water partition coefficient (Wildman–Crippen LogP) is 3.14. The first-order valence-electron chi connectivity index (χ1n) is 10.4. The fraction of sp³-hybridized carbons (Fsp3) is 0.636. The zero-order valence-electron chi connectivity index (χ0n) is 16.8. The molecule has 1 aromatic carbocycles. The average Bonchev–Trinajstić information content (AvgIpc) is 2.69. The Hall–Kier alpha value is -1.88. The van der Waals surface area contributed by atoms with Crippen molar-refractivity contribution in [3.63, 3.8) is 0 Å². The van der Waals surface area contributed by atoms with Crippen LogP contribution in [0, 0.1) is 0 Å². The van der Waals surface area contributed by atoms with Crippen LogP contribution in [0.15, 0.2) is 24.3 Å². The van der Waals surface area contributed by atoms with Crippen molar-refractivity contribution in [1.29, 1.82) is 0 Å². The van der Waals surface area contributed by atoms with Gasteiger partial charge in [-0.1, -0.05) is 56.4 Å². The molecular formula is C22H36N2O3. The number of aliphatic hydroxyl groups is 1. The van der Waals surface area contributed by atoms with Gasteiger partial charge in [0.15, 0.2) is 0 Å². The molecule has 0 unspecified atom stereocenters. The SMILES string of the molecule is CNC(=O)C(=O)NCCCCc1ccccc1CCCCCCCCCO. The van der Waals surface area contributed by atoms with Crippen molar-refractivity contribution in [2.45, 2.75) is 70.6 Å². The summed E-state index contributed by atoms with van der Waals surface area (Å²) in [5.74, 6) is -1.15. The van der Waals surface area contributed by atoms with E-state index in [1.54, 1.807) is 0 Å². The lowest BCUT2D eigenvalue weighted by Crippen LogP contribution is -2.38. The maximum atomic E-state index is 11.4. The van der Waals surface area contributed by atoms with Crippen LogP contribution >= 0.6 is 0 Å². The van der Waals surface area contributed by atoms with E-state index < -0.39 is 11.8 Å². The molecule has 3 N–H and O–H groups in total. The molecular weight excluding hydrogens is 340 g/mol. The molecule has 152 valence electrons. The molecule has 0 radical (unpaired) electrons. The van der Waals surface area contributed by atoms with Gasteiger partial charge in [0.1, 0.15) is 0 Å². The Kier molecular flexibility index (Phi) is 13.0. The third kappa shape index (κ3) is 10.8. The zero-order chi connectivity index (χ0) is 19.7. The van der Waals surface area contributed by atoms with Crippen molar-refractivity contribution in [2.24, 2.45) is 0 Å². The maximum Gasteiger partial charge on any atom is 0.309 e. The first-order chi connectivity index (χ1) is 13.2. The van der Waals surface area contributed by atoms with Gasteiger partial charge in [0.2, 0.25) is 0 Å². The Morgan fingerprint density at radius 2 is 1.30 bits per heavy atom. The van der Waals surface area contributed by atoms with E-state index in [1.807, 2.05) is 0 Å². The normalized spacial score (nSPS) is 10.6. The summed E-state index contributed by atoms with van der Waals surface area (Å²) < 4.78 is 0. The first kappa shape index (κ1) is 23.2. The third-order valence-corrected chi connectivity index (χ3v) is 4.81. The number of rotatable bonds is 14. The third-order valence-electron chi connectivity index (χ3n) is 4.81. The molecule has 0 heterocycles. The number of nitrogens with one attached hydrogen (secondary N) is 2. The van der Waals surface area contributed by atoms with Crippen LogP contribution in [-0.2, 0) is 22.4 Å². The molecule has 0 spiro atoms. The number of likely N-dealkylation sites (N-methyl/N-ethyl adjacent to an activating group) is 1. The minimum Gasteiger partial charge on any atom is -0.396 e. The Balaban J connectivity index is 2.19. The summed E-state index contributed by atoms with van der Waals surface area (Å²) >= 11 is 0. The summed E-state index contributed by atoms with van der Waals surface area (Å²) in [6.07, 6.45) is 12.3. The number of carbonyl (C=O) groups excluding carboxylic acids is 2. The number of unbranched alkanes of at least 4 members (excludes halogenated alkanes) is 7. The van der Waals surface area contributed by atoms with Crippen LogP contribution in [0.5, 0.6) is 0 Å². The van der Waals surface area contributed by atoms with Gasteiger partial charge in [0.05, 0.1) is 0 Å². The zero-order valence-corrected chi connectivity index (χ0v) is 16.8. The van der Waals surface area contributed by atoms with Gasteiger partial charge in [-0.15, -0.1) is 0 Å². The molecule has 1 aromatic rings. The highest BCUT2D eigenvalue weighted by Crippen LogP contribution is 2.16. The molecule has 5 heteroatoms. The average molecular weight is 377 g/mol. The van der Waals surface area contributed by atoms with Crippen LogP contribution in [0.4, 0.5) is 0 Å². The number of hydrogen-bond donors (Lipinski definition) is 3. The van der Waals surface area contributed by atoms with Gasteiger partial charge in [-0.2, -0.15) is 0 Å². The number of hydrogen-bond acceptors (Lipinski definition) is 3. The van der Waals surface area contributed by atoms with Crippen molar-refractivity contribution in [3.8, 4) is 0 Å². The Bertz CT molecular complexity index is 546. The number of carbonyl (C=O) groups is 2. The Morgan fingerprint density at radius 1 is 0.778 bits per heavy atom. The number of benzene rings is 1. The molecule has 0 fully saturated rings. The van der Waals surface area contributed by atoms with Crippen molar-refractivity contribution in [1.82, 2.24) is 10.6 Å². The molecule has 0 aromatic heterocycles. The summed E-state index contributed by atoms with van der Waals surface area (Å²) in [6, 6.07) is 8.63. The standard InChI is InChI=1S/C22H36N2O3/c1-23-21(26)22(27)24-17-11-10-16-20-15-9-8-14-19(20)13-7-5-3-2-4-6-12-18-25/h8-9,14-15,25H,2-7,10-13,16-18H2,1H3,(H,23,26)(H,24,27). The minimum atomic E-state index is -0.589. The second kappa shape index (κ2) is 15.2. The van der Waals surface area contributed by atoms with Crippen molar-refractivity contribution in [2.75, 3.05) is 20.2 Å². The van der Waals surface area contributed by atoms with Gasteiger partial charge in [-0.05, 0) is 49.7 Å². The Labute approximate surface area is 163 Å². The molecule has 0 saturated carbocycles. The largest absolute Gasteiger partial charge is 0.396 e. The van der Waals surface area contributed by atoms with E-state index in [-0.39, 0.29) is 0 Å². The molecule has 0 aliphatic heterocycles. The van der Waals surface area contributed by atoms with Crippen molar-refractivity contribution < 1.29 is 14.7 Å². The molecule has 2 amide bonds. The molecule has 0 bridgehead atoms. The Morgan fingerprint density at radius 3 is 1.85 bits per heavy atom. The van der Waals surface area contributed by atoms with Crippen molar-refractivity contribution >= 4 is 11.8 Å². The summed E-state index contributed by atoms with van der Waals surface area (Å²) in [6.45, 7) is 0.849. The van der Waals surface area contributed by atoms with Crippen LogP contribution in [0.1, 0.15) is 68.9 Å². The topological polar surface area (TPSA) is 78.4 Å². The number of amides is 2. The molecule has 0 aliphatic rings. The van der Waals surface area contributed by atoms with Gasteiger partial charge in [0, 0.05) is 20.2 Å². The van der Waals surface area contributed by atoms with Gasteiger partial charge in [0.25, 0.3) is 0 Å². The number of aliphatic hydroxyl groups excluding tert-OH is 1. The van der Waals surface area contributed by atoms with Gasteiger partial charge in [-0.25, -0.2) is 0 Å². The van der Waals surface area contributed by atoms with Crippen molar-refractivity contribution in [3.05, 3.63) is 35.4 Å². The molecule has 0 atom stereocenters. The van der Waals surface area contributed by atoms with E-state index in [9.17, 15) is 9.59 Å². The van der Waals surface area contributed by atoms with E-state index in [0.717, 1.165) is 38.5 Å². The fourth-order valence-corrected chi connectivity index (χ4v) is 3.19. The lowest BCUT2D eigenvalue weighted by molar-refractivity contribution is -0.138. The summed E-state index contributed by atoms with van der Waals surface area (Å²) in [7, 11) is 1.45. The van der Waals surface area contributed by atoms with Crippen LogP contribution in [0.25, 0.3) is 0 Å². The fourth-order valence-electron chi connectivity index (χ4n) is 3.19. The minimum absolute atomic E-state index is 0.317. The monoisotopic (exact) mass is 376 g/mol. The molecule has 27 heavy (non-hydrogen) atoms. The van der Waals surface area contributed by atoms with E-state index in [2.05, 4.69) is 34.9 Å². The van der Waals surface area contributed by atoms with Crippen LogP contribution < -0.4 is 10.6 Å². The maximum absolute atomic E-state index is 11.4. The summed E-state index contributed by atoms with van der Waals surface area (Å²) in [5, 5.41) is 13.7. The molecule has 1 rings (SSSR count). The lowest BCUT2D eigenvalue weighted by atomic mass is 9.97. The highest BCUT2D eigenvalue weighted by atomic mass is 16.3. The molecule has 0 saturated heterocycles. The highest BCUT2D eigenvalue weighted by molar-refractivity contribution is 6.34. The van der Waals surface area contributed by atoms with E-state index in [4.69, 9.17) is 5.11 Å². The van der Waals surface area contributed by atoms with E-state index in [1.165, 1.54) is 50.3 Å². The summed E-state index contributed by atoms with van der Waals surface area (Å²) in [5.41, 5.74) is 2.84. The first-order valence-corrected chi connectivity index (χ1v) is 10.4. The van der Waals surface area contributed by atoms with E-state index >= 15 is 0 Å². The highest BCUT2D eigenvalue weighted by Gasteiger charge is 2.09. The second-order valence-electron chi connectivity index (χ2n) is 7.01. The molecule has 0 aliphatic carbocycles. The quantitative estimate of drug-likeness (QED) is 0.345. The van der Waals surface area contributed by atoms with Crippen LogP contribution in [0.2, 0.25) is 0 Å². The summed E-state index contributed by atoms with van der Waals surface area (Å²) in [4.78, 5) is 22.5. The predicted molar refractivity (Wildman–Crippen MR) is 110 cm³/mol. The van der Waals surface area contributed by atoms with Crippen LogP contribution in [0.3, 0.4) is 0 Å².